The van der Waals surface area contributed by atoms with Crippen molar-refractivity contribution in [3.63, 3.8) is 0 Å². The minimum absolute atomic E-state index is 0.199. The lowest BCUT2D eigenvalue weighted by Gasteiger charge is -2.10. The van der Waals surface area contributed by atoms with Crippen LogP contribution in [0.1, 0.15) is 16.8 Å². The summed E-state index contributed by atoms with van der Waals surface area (Å²) in [6.45, 7) is 2.98. The van der Waals surface area contributed by atoms with Crippen molar-refractivity contribution >= 4 is 0 Å². The van der Waals surface area contributed by atoms with Gasteiger partial charge in [0.05, 0.1) is 5.56 Å². The molecule has 0 radical (unpaired) electrons. The highest BCUT2D eigenvalue weighted by Gasteiger charge is 2.32. The van der Waals surface area contributed by atoms with E-state index in [4.69, 9.17) is 0 Å². The average Bonchev–Trinajstić information content (AvgIpc) is 1.92. The fraction of sp³-hybridized carbons (Fsp3) is 0.375. The quantitative estimate of drug-likeness (QED) is 0.590. The van der Waals surface area contributed by atoms with E-state index >= 15 is 0 Å². The van der Waals surface area contributed by atoms with Gasteiger partial charge in [0, 0.05) is 11.9 Å². The smallest absolute Gasteiger partial charge is 0.261 e. The molecular formula is C8H8F3N. The molecule has 0 saturated heterocycles. The van der Waals surface area contributed by atoms with Gasteiger partial charge in [0.15, 0.2) is 0 Å². The monoisotopic (exact) mass is 175 g/mol. The first-order chi connectivity index (χ1) is 5.43. The fourth-order valence-electron chi connectivity index (χ4n) is 0.947. The van der Waals surface area contributed by atoms with Crippen molar-refractivity contribution in [1.82, 2.24) is 4.98 Å². The van der Waals surface area contributed by atoms with Gasteiger partial charge >= 0.3 is 6.18 Å². The molecule has 1 heterocycles. The second kappa shape index (κ2) is 2.77. The largest absolute Gasteiger partial charge is 0.416 e. The van der Waals surface area contributed by atoms with Crippen molar-refractivity contribution in [3.05, 3.63) is 29.1 Å². The van der Waals surface area contributed by atoms with E-state index in [1.807, 2.05) is 0 Å². The first kappa shape index (κ1) is 9.03. The van der Waals surface area contributed by atoms with Crippen LogP contribution in [0.3, 0.4) is 0 Å². The normalized spacial score (nSPS) is 11.8. The molecule has 0 atom stereocenters. The van der Waals surface area contributed by atoms with Gasteiger partial charge in [0.25, 0.3) is 0 Å². The molecule has 0 saturated carbocycles. The van der Waals surface area contributed by atoms with Crippen LogP contribution in [-0.4, -0.2) is 4.98 Å². The van der Waals surface area contributed by atoms with E-state index in [0.29, 0.717) is 5.69 Å². The summed E-state index contributed by atoms with van der Waals surface area (Å²) >= 11 is 0. The molecule has 1 aromatic heterocycles. The van der Waals surface area contributed by atoms with Gasteiger partial charge in [-0.25, -0.2) is 0 Å². The Hall–Kier alpha value is -1.06. The van der Waals surface area contributed by atoms with E-state index in [9.17, 15) is 13.2 Å². The molecule has 0 aliphatic carbocycles. The molecule has 4 heteroatoms. The van der Waals surface area contributed by atoms with Crippen molar-refractivity contribution in [2.45, 2.75) is 20.0 Å². The van der Waals surface area contributed by atoms with E-state index in [-0.39, 0.29) is 5.56 Å². The van der Waals surface area contributed by atoms with Crippen LogP contribution < -0.4 is 0 Å². The van der Waals surface area contributed by atoms with Crippen molar-refractivity contribution in [2.75, 3.05) is 0 Å². The van der Waals surface area contributed by atoms with E-state index < -0.39 is 11.7 Å². The molecule has 0 spiro atoms. The van der Waals surface area contributed by atoms with Crippen molar-refractivity contribution in [2.24, 2.45) is 0 Å². The average molecular weight is 175 g/mol. The summed E-state index contributed by atoms with van der Waals surface area (Å²) in [5.41, 5.74) is 0.0184. The van der Waals surface area contributed by atoms with Gasteiger partial charge < -0.3 is 0 Å². The summed E-state index contributed by atoms with van der Waals surface area (Å²) in [6.07, 6.45) is -3.09. The third-order valence-corrected chi connectivity index (χ3v) is 1.76. The highest BCUT2D eigenvalue weighted by atomic mass is 19.4. The summed E-state index contributed by atoms with van der Waals surface area (Å²) in [5, 5.41) is 0. The highest BCUT2D eigenvalue weighted by Crippen LogP contribution is 2.31. The number of hydrogen-bond donors (Lipinski definition) is 0. The van der Waals surface area contributed by atoms with Crippen molar-refractivity contribution in [1.29, 1.82) is 0 Å². The van der Waals surface area contributed by atoms with Gasteiger partial charge in [-0.15, -0.1) is 0 Å². The fourth-order valence-corrected chi connectivity index (χ4v) is 0.947. The van der Waals surface area contributed by atoms with Crippen LogP contribution in [0.4, 0.5) is 13.2 Å². The Labute approximate surface area is 68.2 Å². The van der Waals surface area contributed by atoms with Crippen LogP contribution in [0.25, 0.3) is 0 Å². The van der Waals surface area contributed by atoms with Crippen LogP contribution in [0.15, 0.2) is 12.3 Å². The van der Waals surface area contributed by atoms with Crippen LogP contribution in [-0.2, 0) is 6.18 Å². The van der Waals surface area contributed by atoms with Gasteiger partial charge in [0.1, 0.15) is 0 Å². The van der Waals surface area contributed by atoms with Gasteiger partial charge in [-0.2, -0.15) is 13.2 Å². The molecule has 66 valence electrons. The molecule has 0 amide bonds. The zero-order valence-electron chi connectivity index (χ0n) is 6.74. The molecule has 0 aliphatic heterocycles. The lowest BCUT2D eigenvalue weighted by Crippen LogP contribution is -2.08. The summed E-state index contributed by atoms with van der Waals surface area (Å²) in [7, 11) is 0. The number of alkyl halides is 3. The standard InChI is InChI=1S/C8H8F3N/c1-5-6(2)12-4-3-7(5)8(9,10)11/h3-4H,1-2H3. The maximum atomic E-state index is 12.2. The van der Waals surface area contributed by atoms with Crippen LogP contribution >= 0.6 is 0 Å². The third kappa shape index (κ3) is 1.57. The van der Waals surface area contributed by atoms with E-state index in [0.717, 1.165) is 6.07 Å². The molecule has 0 unspecified atom stereocenters. The Balaban J connectivity index is 3.26. The molecule has 1 aromatic rings. The van der Waals surface area contributed by atoms with Gasteiger partial charge in [-0.05, 0) is 25.5 Å². The number of pyridine rings is 1. The Morgan fingerprint density at radius 3 is 2.25 bits per heavy atom. The predicted octanol–water partition coefficient (Wildman–Crippen LogP) is 2.72. The van der Waals surface area contributed by atoms with Crippen LogP contribution in [0.5, 0.6) is 0 Å². The first-order valence-corrected chi connectivity index (χ1v) is 3.42. The Kier molecular flexibility index (Phi) is 2.08. The zero-order valence-corrected chi connectivity index (χ0v) is 6.74. The maximum Gasteiger partial charge on any atom is 0.416 e. The van der Waals surface area contributed by atoms with Gasteiger partial charge in [-0.1, -0.05) is 0 Å². The summed E-state index contributed by atoms with van der Waals surface area (Å²) < 4.78 is 36.6. The number of aromatic nitrogens is 1. The molecule has 1 rings (SSSR count). The van der Waals surface area contributed by atoms with Crippen molar-refractivity contribution in [3.8, 4) is 0 Å². The SMILES string of the molecule is Cc1nccc(C(F)(F)F)c1C. The number of hydrogen-bond acceptors (Lipinski definition) is 1. The molecular weight excluding hydrogens is 167 g/mol. The molecule has 0 aliphatic rings. The molecule has 0 fully saturated rings. The van der Waals surface area contributed by atoms with E-state index in [1.54, 1.807) is 6.92 Å². The topological polar surface area (TPSA) is 12.9 Å². The first-order valence-electron chi connectivity index (χ1n) is 3.42. The lowest BCUT2D eigenvalue weighted by atomic mass is 10.1. The van der Waals surface area contributed by atoms with E-state index in [2.05, 4.69) is 4.98 Å². The second-order valence-corrected chi connectivity index (χ2v) is 2.57. The molecule has 0 N–H and O–H groups in total. The third-order valence-electron chi connectivity index (χ3n) is 1.76. The van der Waals surface area contributed by atoms with E-state index in [1.165, 1.54) is 13.1 Å². The Morgan fingerprint density at radius 2 is 1.83 bits per heavy atom. The summed E-state index contributed by atoms with van der Waals surface area (Å²) in [5.74, 6) is 0. The highest BCUT2D eigenvalue weighted by molar-refractivity contribution is 5.29. The predicted molar refractivity (Wildman–Crippen MR) is 38.7 cm³/mol. The van der Waals surface area contributed by atoms with Crippen LogP contribution in [0, 0.1) is 13.8 Å². The minimum atomic E-state index is -4.27. The molecule has 1 nitrogen and oxygen atoms in total. The van der Waals surface area contributed by atoms with Gasteiger partial charge in [-0.3, -0.25) is 4.98 Å². The number of halogens is 3. The summed E-state index contributed by atoms with van der Waals surface area (Å²) in [4.78, 5) is 3.75. The Morgan fingerprint density at radius 1 is 1.25 bits per heavy atom. The number of nitrogens with zero attached hydrogens (tertiary/aromatic N) is 1. The molecule has 0 bridgehead atoms. The number of rotatable bonds is 0. The Bertz CT molecular complexity index is 291. The molecule has 0 aromatic carbocycles. The van der Waals surface area contributed by atoms with Gasteiger partial charge in [0.2, 0.25) is 0 Å². The lowest BCUT2D eigenvalue weighted by molar-refractivity contribution is -0.138. The molecule has 12 heavy (non-hydrogen) atoms. The maximum absolute atomic E-state index is 12.2. The van der Waals surface area contributed by atoms with Crippen molar-refractivity contribution < 1.29 is 13.2 Å². The zero-order chi connectivity index (χ0) is 9.35. The number of aryl methyl sites for hydroxylation is 1. The summed E-state index contributed by atoms with van der Waals surface area (Å²) in [6, 6.07) is 0.988. The second-order valence-electron chi connectivity index (χ2n) is 2.57. The van der Waals surface area contributed by atoms with Crippen LogP contribution in [0.2, 0.25) is 0 Å². The minimum Gasteiger partial charge on any atom is -0.261 e.